The van der Waals surface area contributed by atoms with E-state index >= 15 is 0 Å². The molecule has 0 aliphatic rings. The first-order chi connectivity index (χ1) is 9.92. The Balaban J connectivity index is 2.46. The second-order valence-electron chi connectivity index (χ2n) is 5.74. The second-order valence-corrected chi connectivity index (χ2v) is 6.55. The molecule has 0 radical (unpaired) electrons. The molecule has 0 saturated heterocycles. The zero-order valence-electron chi connectivity index (χ0n) is 12.5. The Morgan fingerprint density at radius 3 is 2.57 bits per heavy atom. The molecule has 2 N–H and O–H groups in total. The Kier molecular flexibility index (Phi) is 8.09. The Labute approximate surface area is 136 Å². The summed E-state index contributed by atoms with van der Waals surface area (Å²) < 4.78 is 0. The molecule has 1 aromatic rings. The summed E-state index contributed by atoms with van der Waals surface area (Å²) in [5.74, 6) is 0.821. The summed E-state index contributed by atoms with van der Waals surface area (Å²) in [6, 6.07) is 5.20. The van der Waals surface area contributed by atoms with Crippen LogP contribution in [0.3, 0.4) is 0 Å². The van der Waals surface area contributed by atoms with E-state index in [1.165, 1.54) is 0 Å². The van der Waals surface area contributed by atoms with Crippen molar-refractivity contribution in [3.05, 3.63) is 33.8 Å². The van der Waals surface area contributed by atoms with E-state index in [1.807, 2.05) is 0 Å². The highest BCUT2D eigenvalue weighted by Gasteiger charge is 2.12. The molecular formula is C16H23Cl2NO2. The number of halogens is 2. The maximum absolute atomic E-state index is 12.0. The van der Waals surface area contributed by atoms with Crippen LogP contribution in [0.15, 0.2) is 18.2 Å². The van der Waals surface area contributed by atoms with Crippen LogP contribution in [0, 0.1) is 11.8 Å². The third-order valence-electron chi connectivity index (χ3n) is 3.28. The predicted octanol–water partition coefficient (Wildman–Crippen LogP) is 3.70. The molecule has 0 aliphatic heterocycles. The van der Waals surface area contributed by atoms with Crippen LogP contribution in [0.2, 0.25) is 10.0 Å². The van der Waals surface area contributed by atoms with Crippen LogP contribution >= 0.6 is 23.2 Å². The molecule has 1 amide bonds. The van der Waals surface area contributed by atoms with Gasteiger partial charge in [-0.15, -0.1) is 0 Å². The Morgan fingerprint density at radius 1 is 1.29 bits per heavy atom. The lowest BCUT2D eigenvalue weighted by atomic mass is 9.94. The van der Waals surface area contributed by atoms with Crippen molar-refractivity contribution < 1.29 is 9.90 Å². The van der Waals surface area contributed by atoms with Gasteiger partial charge in [-0.1, -0.05) is 43.1 Å². The normalized spacial score (nSPS) is 12.5. The highest BCUT2D eigenvalue weighted by molar-refractivity contribution is 6.42. The van der Waals surface area contributed by atoms with E-state index in [1.54, 1.807) is 18.2 Å². The van der Waals surface area contributed by atoms with Gasteiger partial charge in [-0.25, -0.2) is 0 Å². The van der Waals surface area contributed by atoms with E-state index in [0.717, 1.165) is 12.0 Å². The van der Waals surface area contributed by atoms with Crippen molar-refractivity contribution in [2.75, 3.05) is 13.2 Å². The van der Waals surface area contributed by atoms with Gasteiger partial charge in [0, 0.05) is 13.2 Å². The number of aliphatic hydroxyl groups excluding tert-OH is 1. The van der Waals surface area contributed by atoms with Crippen molar-refractivity contribution in [3.8, 4) is 0 Å². The van der Waals surface area contributed by atoms with E-state index < -0.39 is 0 Å². The Bertz CT molecular complexity index is 464. The number of nitrogens with one attached hydrogen (secondary N) is 1. The minimum Gasteiger partial charge on any atom is -0.396 e. The van der Waals surface area contributed by atoms with Gasteiger partial charge in [0.25, 0.3) is 0 Å². The topological polar surface area (TPSA) is 49.3 Å². The van der Waals surface area contributed by atoms with Crippen LogP contribution in [0.1, 0.15) is 32.3 Å². The average molecular weight is 332 g/mol. The summed E-state index contributed by atoms with van der Waals surface area (Å²) in [7, 11) is 0. The lowest BCUT2D eigenvalue weighted by Gasteiger charge is -2.18. The van der Waals surface area contributed by atoms with Crippen molar-refractivity contribution in [2.24, 2.45) is 11.8 Å². The highest BCUT2D eigenvalue weighted by atomic mass is 35.5. The Hall–Kier alpha value is -0.770. The third-order valence-corrected chi connectivity index (χ3v) is 4.02. The van der Waals surface area contributed by atoms with Crippen molar-refractivity contribution in [2.45, 2.75) is 33.1 Å². The molecule has 0 fully saturated rings. The molecular weight excluding hydrogens is 309 g/mol. The number of rotatable bonds is 8. The fourth-order valence-corrected chi connectivity index (χ4v) is 2.63. The van der Waals surface area contributed by atoms with Crippen molar-refractivity contribution in [1.82, 2.24) is 5.32 Å². The van der Waals surface area contributed by atoms with Gasteiger partial charge >= 0.3 is 0 Å². The third kappa shape index (κ3) is 7.16. The van der Waals surface area contributed by atoms with Gasteiger partial charge in [0.2, 0.25) is 5.91 Å². The molecule has 1 unspecified atom stereocenters. The van der Waals surface area contributed by atoms with Gasteiger partial charge in [-0.2, -0.15) is 0 Å². The summed E-state index contributed by atoms with van der Waals surface area (Å²) in [6.07, 6.45) is 1.99. The van der Waals surface area contributed by atoms with Crippen LogP contribution < -0.4 is 5.32 Å². The molecule has 1 aromatic carbocycles. The molecule has 3 nitrogen and oxygen atoms in total. The summed E-state index contributed by atoms with van der Waals surface area (Å²) >= 11 is 11.8. The number of carbonyl (C=O) groups is 1. The molecule has 1 atom stereocenters. The molecule has 0 aromatic heterocycles. The van der Waals surface area contributed by atoms with Gasteiger partial charge in [-0.3, -0.25) is 4.79 Å². The lowest BCUT2D eigenvalue weighted by molar-refractivity contribution is -0.120. The van der Waals surface area contributed by atoms with Crippen molar-refractivity contribution in [3.63, 3.8) is 0 Å². The highest BCUT2D eigenvalue weighted by Crippen LogP contribution is 2.22. The smallest absolute Gasteiger partial charge is 0.224 e. The molecule has 0 saturated carbocycles. The van der Waals surface area contributed by atoms with E-state index in [0.29, 0.717) is 34.8 Å². The minimum absolute atomic E-state index is 0.0416. The maximum Gasteiger partial charge on any atom is 0.224 e. The maximum atomic E-state index is 12.0. The van der Waals surface area contributed by atoms with Gasteiger partial charge in [0.1, 0.15) is 0 Å². The van der Waals surface area contributed by atoms with Crippen LogP contribution in [-0.2, 0) is 11.2 Å². The number of hydrogen-bond acceptors (Lipinski definition) is 2. The van der Waals surface area contributed by atoms with Gasteiger partial charge in [-0.05, 0) is 42.4 Å². The fraction of sp³-hybridized carbons (Fsp3) is 0.562. The number of carbonyl (C=O) groups excluding carboxylic acids is 1. The summed E-state index contributed by atoms with van der Waals surface area (Å²) in [4.78, 5) is 12.0. The standard InChI is InChI=1S/C16H23Cl2NO2/c1-11(2)7-13(5-6-20)10-19-16(21)9-12-3-4-14(17)15(18)8-12/h3-4,8,11,13,20H,5-7,9-10H2,1-2H3,(H,19,21). The minimum atomic E-state index is -0.0416. The summed E-state index contributed by atoms with van der Waals surface area (Å²) in [5, 5.41) is 12.9. The van der Waals surface area contributed by atoms with Crippen LogP contribution in [0.25, 0.3) is 0 Å². The fourth-order valence-electron chi connectivity index (χ4n) is 2.31. The lowest BCUT2D eigenvalue weighted by Crippen LogP contribution is -2.31. The van der Waals surface area contributed by atoms with Gasteiger partial charge in [0.15, 0.2) is 0 Å². The van der Waals surface area contributed by atoms with Gasteiger partial charge < -0.3 is 10.4 Å². The largest absolute Gasteiger partial charge is 0.396 e. The van der Waals surface area contributed by atoms with E-state index in [-0.39, 0.29) is 18.9 Å². The monoisotopic (exact) mass is 331 g/mol. The van der Waals surface area contributed by atoms with E-state index in [9.17, 15) is 4.79 Å². The van der Waals surface area contributed by atoms with Crippen LogP contribution in [0.5, 0.6) is 0 Å². The van der Waals surface area contributed by atoms with Gasteiger partial charge in [0.05, 0.1) is 16.5 Å². The molecule has 118 valence electrons. The van der Waals surface area contributed by atoms with Crippen molar-refractivity contribution >= 4 is 29.1 Å². The molecule has 21 heavy (non-hydrogen) atoms. The first-order valence-corrected chi connectivity index (χ1v) is 7.99. The van der Waals surface area contributed by atoms with E-state index in [2.05, 4.69) is 19.2 Å². The van der Waals surface area contributed by atoms with E-state index in [4.69, 9.17) is 28.3 Å². The zero-order chi connectivity index (χ0) is 15.8. The van der Waals surface area contributed by atoms with Crippen LogP contribution in [-0.4, -0.2) is 24.2 Å². The molecule has 5 heteroatoms. The summed E-state index contributed by atoms with van der Waals surface area (Å²) in [5.41, 5.74) is 0.837. The van der Waals surface area contributed by atoms with Crippen molar-refractivity contribution in [1.29, 1.82) is 0 Å². The van der Waals surface area contributed by atoms with Crippen LogP contribution in [0.4, 0.5) is 0 Å². The number of amides is 1. The first kappa shape index (κ1) is 18.3. The summed E-state index contributed by atoms with van der Waals surface area (Å²) in [6.45, 7) is 5.03. The zero-order valence-corrected chi connectivity index (χ0v) is 14.0. The molecule has 1 rings (SSSR count). The SMILES string of the molecule is CC(C)CC(CCO)CNC(=O)Cc1ccc(Cl)c(Cl)c1. The number of benzene rings is 1. The molecule has 0 heterocycles. The number of aliphatic hydroxyl groups is 1. The first-order valence-electron chi connectivity index (χ1n) is 7.23. The predicted molar refractivity (Wildman–Crippen MR) is 87.8 cm³/mol. The quantitative estimate of drug-likeness (QED) is 0.763. The molecule has 0 bridgehead atoms. The molecule has 0 aliphatic carbocycles. The molecule has 0 spiro atoms. The Morgan fingerprint density at radius 2 is 2.00 bits per heavy atom. The number of hydrogen-bond donors (Lipinski definition) is 2. The average Bonchev–Trinajstić information content (AvgIpc) is 2.40. The second kappa shape index (κ2) is 9.29.